The minimum atomic E-state index is -0.659. The molecule has 0 aliphatic rings. The summed E-state index contributed by atoms with van der Waals surface area (Å²) in [4.78, 5) is 30.0. The average molecular weight is 491 g/mol. The van der Waals surface area contributed by atoms with Crippen molar-refractivity contribution >= 4 is 28.2 Å². The Kier molecular flexibility index (Phi) is 6.94. The maximum Gasteiger partial charge on any atom is 0.269 e. The highest BCUT2D eigenvalue weighted by Crippen LogP contribution is 2.31. The molecule has 0 saturated carbocycles. The van der Waals surface area contributed by atoms with Crippen molar-refractivity contribution in [2.24, 2.45) is 0 Å². The number of rotatable bonds is 9. The molecular formula is C30H26N4O3. The Bertz CT molecular complexity index is 1500. The summed E-state index contributed by atoms with van der Waals surface area (Å²) in [6.45, 7) is 0.810. The normalized spacial score (nSPS) is 11.7. The molecule has 0 aliphatic carbocycles. The van der Waals surface area contributed by atoms with Crippen LogP contribution in [0.5, 0.6) is 0 Å². The lowest BCUT2D eigenvalue weighted by atomic mass is 10.0. The van der Waals surface area contributed by atoms with E-state index >= 15 is 0 Å². The first-order valence-electron chi connectivity index (χ1n) is 12.0. The number of hydrogen-bond donors (Lipinski definition) is 2. The van der Waals surface area contributed by atoms with Crippen molar-refractivity contribution in [3.05, 3.63) is 142 Å². The Balaban J connectivity index is 1.51. The van der Waals surface area contributed by atoms with Gasteiger partial charge < -0.3 is 15.2 Å². The number of amides is 1. The molecule has 4 aromatic carbocycles. The zero-order chi connectivity index (χ0) is 25.6. The van der Waals surface area contributed by atoms with Crippen LogP contribution in [0.2, 0.25) is 0 Å². The molecule has 184 valence electrons. The minimum Gasteiger partial charge on any atom is -0.361 e. The number of nitrogens with one attached hydrogen (secondary N) is 2. The average Bonchev–Trinajstić information content (AvgIpc) is 3.36. The molecule has 0 saturated heterocycles. The molecule has 1 amide bonds. The van der Waals surface area contributed by atoms with E-state index < -0.39 is 11.0 Å². The highest BCUT2D eigenvalue weighted by molar-refractivity contribution is 5.88. The van der Waals surface area contributed by atoms with Gasteiger partial charge in [0.25, 0.3) is 5.69 Å². The summed E-state index contributed by atoms with van der Waals surface area (Å²) < 4.78 is 0. The summed E-state index contributed by atoms with van der Waals surface area (Å²) in [6.07, 6.45) is 1.92. The van der Waals surface area contributed by atoms with E-state index in [4.69, 9.17) is 0 Å². The van der Waals surface area contributed by atoms with Gasteiger partial charge in [-0.3, -0.25) is 14.9 Å². The van der Waals surface area contributed by atoms with Crippen molar-refractivity contribution in [1.29, 1.82) is 0 Å². The van der Waals surface area contributed by atoms with Crippen LogP contribution >= 0.6 is 0 Å². The topological polar surface area (TPSA) is 91.3 Å². The van der Waals surface area contributed by atoms with E-state index in [0.29, 0.717) is 18.8 Å². The molecule has 1 aromatic heterocycles. The highest BCUT2D eigenvalue weighted by atomic mass is 16.6. The van der Waals surface area contributed by atoms with E-state index in [1.54, 1.807) is 12.1 Å². The molecule has 37 heavy (non-hydrogen) atoms. The van der Waals surface area contributed by atoms with Crippen LogP contribution in [-0.4, -0.2) is 15.8 Å². The summed E-state index contributed by atoms with van der Waals surface area (Å²) in [6, 6.07) is 33.1. The molecule has 1 heterocycles. The Hall–Kier alpha value is -4.91. The third-order valence-corrected chi connectivity index (χ3v) is 6.39. The van der Waals surface area contributed by atoms with Crippen LogP contribution < -0.4 is 10.2 Å². The third kappa shape index (κ3) is 5.36. The second kappa shape index (κ2) is 10.8. The first-order chi connectivity index (χ1) is 18.1. The first-order valence-corrected chi connectivity index (χ1v) is 12.0. The van der Waals surface area contributed by atoms with Gasteiger partial charge in [0.15, 0.2) is 0 Å². The van der Waals surface area contributed by atoms with Gasteiger partial charge in [-0.15, -0.1) is 0 Å². The van der Waals surface area contributed by atoms with Crippen LogP contribution in [0.1, 0.15) is 22.7 Å². The molecule has 0 bridgehead atoms. The van der Waals surface area contributed by atoms with Gasteiger partial charge in [-0.2, -0.15) is 0 Å². The summed E-state index contributed by atoms with van der Waals surface area (Å²) in [5, 5.41) is 15.5. The number of aromatic amines is 1. The number of hydrogen-bond acceptors (Lipinski definition) is 4. The van der Waals surface area contributed by atoms with Crippen LogP contribution in [0, 0.1) is 10.1 Å². The molecular weight excluding hydrogens is 464 g/mol. The van der Waals surface area contributed by atoms with Gasteiger partial charge in [0.1, 0.15) is 6.04 Å². The number of nitrogens with zero attached hydrogens (tertiary/aromatic N) is 2. The zero-order valence-electron chi connectivity index (χ0n) is 20.1. The summed E-state index contributed by atoms with van der Waals surface area (Å²) in [5.74, 6) is -0.161. The minimum absolute atomic E-state index is 0.00320. The Morgan fingerprint density at radius 3 is 2.22 bits per heavy atom. The van der Waals surface area contributed by atoms with Crippen LogP contribution in [0.4, 0.5) is 11.4 Å². The van der Waals surface area contributed by atoms with E-state index in [0.717, 1.165) is 27.6 Å². The van der Waals surface area contributed by atoms with Crippen molar-refractivity contribution in [1.82, 2.24) is 10.3 Å². The molecule has 0 radical (unpaired) electrons. The largest absolute Gasteiger partial charge is 0.361 e. The van der Waals surface area contributed by atoms with Crippen molar-refractivity contribution in [2.75, 3.05) is 4.90 Å². The van der Waals surface area contributed by atoms with Gasteiger partial charge >= 0.3 is 0 Å². The number of carbonyl (C=O) groups excluding carboxylic acids is 1. The molecule has 1 atom stereocenters. The van der Waals surface area contributed by atoms with Gasteiger partial charge in [-0.25, -0.2) is 0 Å². The number of anilines is 1. The number of non-ortho nitro benzene ring substituents is 1. The fraction of sp³-hybridized carbons (Fsp3) is 0.100. The lowest BCUT2D eigenvalue weighted by molar-refractivity contribution is -0.384. The fourth-order valence-corrected chi connectivity index (χ4v) is 4.54. The fourth-order valence-electron chi connectivity index (χ4n) is 4.54. The summed E-state index contributed by atoms with van der Waals surface area (Å²) in [5.41, 5.74) is 4.58. The molecule has 1 unspecified atom stereocenters. The van der Waals surface area contributed by atoms with Crippen molar-refractivity contribution < 1.29 is 9.72 Å². The molecule has 0 aliphatic heterocycles. The van der Waals surface area contributed by atoms with E-state index in [1.165, 1.54) is 12.1 Å². The van der Waals surface area contributed by atoms with Gasteiger partial charge in [0.05, 0.1) is 4.92 Å². The zero-order valence-corrected chi connectivity index (χ0v) is 20.1. The van der Waals surface area contributed by atoms with Gasteiger partial charge in [-0.1, -0.05) is 78.9 Å². The van der Waals surface area contributed by atoms with Crippen molar-refractivity contribution in [3.8, 4) is 0 Å². The van der Waals surface area contributed by atoms with E-state index in [2.05, 4.69) is 10.3 Å². The SMILES string of the molecule is O=C(NCc1c[nH]c2ccccc12)C(c1ccccc1)N(Cc1ccccc1)c1ccc([N+](=O)[O-])cc1. The van der Waals surface area contributed by atoms with Crippen molar-refractivity contribution in [3.63, 3.8) is 0 Å². The second-order valence-electron chi connectivity index (χ2n) is 8.78. The maximum atomic E-state index is 13.9. The van der Waals surface area contributed by atoms with Gasteiger partial charge in [-0.05, 0) is 34.9 Å². The molecule has 0 fully saturated rings. The summed E-state index contributed by atoms with van der Waals surface area (Å²) in [7, 11) is 0. The number of H-pyrrole nitrogens is 1. The van der Waals surface area contributed by atoms with Crippen LogP contribution in [0.15, 0.2) is 115 Å². The Morgan fingerprint density at radius 1 is 0.865 bits per heavy atom. The molecule has 0 spiro atoms. The predicted molar refractivity (Wildman–Crippen MR) is 145 cm³/mol. The second-order valence-corrected chi connectivity index (χ2v) is 8.78. The Morgan fingerprint density at radius 2 is 1.51 bits per heavy atom. The van der Waals surface area contributed by atoms with Crippen LogP contribution in [-0.2, 0) is 17.9 Å². The molecule has 2 N–H and O–H groups in total. The number of para-hydroxylation sites is 1. The molecule has 5 aromatic rings. The number of benzene rings is 4. The van der Waals surface area contributed by atoms with E-state index in [-0.39, 0.29) is 11.6 Å². The molecule has 7 heteroatoms. The number of aromatic nitrogens is 1. The van der Waals surface area contributed by atoms with Crippen molar-refractivity contribution in [2.45, 2.75) is 19.1 Å². The van der Waals surface area contributed by atoms with Crippen LogP contribution in [0.3, 0.4) is 0 Å². The maximum absolute atomic E-state index is 13.9. The number of nitro groups is 1. The van der Waals surface area contributed by atoms with Crippen LogP contribution in [0.25, 0.3) is 10.9 Å². The van der Waals surface area contributed by atoms with E-state index in [9.17, 15) is 14.9 Å². The monoisotopic (exact) mass is 490 g/mol. The van der Waals surface area contributed by atoms with Gasteiger partial charge in [0.2, 0.25) is 5.91 Å². The Labute approximate surface area is 214 Å². The lowest BCUT2D eigenvalue weighted by Gasteiger charge is -2.33. The first kappa shape index (κ1) is 23.8. The lowest BCUT2D eigenvalue weighted by Crippen LogP contribution is -2.40. The summed E-state index contributed by atoms with van der Waals surface area (Å²) >= 11 is 0. The third-order valence-electron chi connectivity index (χ3n) is 6.39. The standard InChI is InChI=1S/C30H26N4O3/c35-30(32-20-24-19-31-28-14-8-7-13-27(24)28)29(23-11-5-2-6-12-23)33(21-22-9-3-1-4-10-22)25-15-17-26(18-16-25)34(36)37/h1-19,29,31H,20-21H2,(H,32,35). The number of nitro benzene ring substituents is 1. The number of carbonyl (C=O) groups is 1. The van der Waals surface area contributed by atoms with E-state index in [1.807, 2.05) is 96.0 Å². The molecule has 7 nitrogen and oxygen atoms in total. The smallest absolute Gasteiger partial charge is 0.269 e. The quantitative estimate of drug-likeness (QED) is 0.192. The predicted octanol–water partition coefficient (Wildman–Crippen LogP) is 6.14. The molecule has 5 rings (SSSR count). The number of fused-ring (bicyclic) bond motifs is 1. The van der Waals surface area contributed by atoms with Gasteiger partial charge in [0, 0.05) is 48.0 Å². The highest BCUT2D eigenvalue weighted by Gasteiger charge is 2.29.